The van der Waals surface area contributed by atoms with Gasteiger partial charge in [-0.05, 0) is 74.3 Å². The van der Waals surface area contributed by atoms with Crippen LogP contribution in [-0.4, -0.2) is 33.9 Å². The van der Waals surface area contributed by atoms with Gasteiger partial charge in [0.25, 0.3) is 0 Å². The molecule has 27 heavy (non-hydrogen) atoms. The maximum Gasteiger partial charge on any atom is 0.0956 e. The van der Waals surface area contributed by atoms with E-state index in [9.17, 15) is 5.11 Å². The molecule has 0 saturated heterocycles. The zero-order valence-electron chi connectivity index (χ0n) is 16.0. The molecule has 2 N–H and O–H groups in total. The highest BCUT2D eigenvalue weighted by Crippen LogP contribution is 2.62. The fourth-order valence-corrected chi connectivity index (χ4v) is 7.60. The molecule has 5 aliphatic rings. The van der Waals surface area contributed by atoms with Gasteiger partial charge in [0.1, 0.15) is 0 Å². The molecule has 2 heterocycles. The number of fused-ring (bicyclic) bond motifs is 3. The first-order valence-electron chi connectivity index (χ1n) is 10.6. The van der Waals surface area contributed by atoms with Crippen molar-refractivity contribution in [2.24, 2.45) is 23.2 Å². The lowest BCUT2D eigenvalue weighted by Gasteiger charge is -2.61. The van der Waals surface area contributed by atoms with Gasteiger partial charge in [-0.15, -0.1) is 0 Å². The van der Waals surface area contributed by atoms with Crippen molar-refractivity contribution in [1.29, 1.82) is 0 Å². The molecule has 0 amide bonds. The van der Waals surface area contributed by atoms with Crippen molar-refractivity contribution >= 4 is 0 Å². The third-order valence-corrected chi connectivity index (χ3v) is 8.40. The summed E-state index contributed by atoms with van der Waals surface area (Å²) < 4.78 is 2.28. The molecule has 4 aliphatic carbocycles. The molecule has 4 bridgehead atoms. The lowest BCUT2D eigenvalue weighted by Crippen LogP contribution is -2.60. The van der Waals surface area contributed by atoms with Crippen molar-refractivity contribution < 1.29 is 5.11 Å². The number of aromatic nitrogens is 2. The van der Waals surface area contributed by atoms with E-state index in [0.29, 0.717) is 6.04 Å². The van der Waals surface area contributed by atoms with E-state index in [4.69, 9.17) is 0 Å². The summed E-state index contributed by atoms with van der Waals surface area (Å²) in [7, 11) is 2.13. The largest absolute Gasteiger partial charge is 0.392 e. The Hall–Kier alpha value is -1.65. The number of rotatable bonds is 4. The number of hydrogen-bond acceptors (Lipinski definition) is 3. The summed E-state index contributed by atoms with van der Waals surface area (Å²) in [6.07, 6.45) is 10.9. The predicted molar refractivity (Wildman–Crippen MR) is 105 cm³/mol. The Balaban J connectivity index is 1.31. The third-order valence-electron chi connectivity index (χ3n) is 8.40. The van der Waals surface area contributed by atoms with E-state index in [-0.39, 0.29) is 17.6 Å². The molecule has 4 saturated carbocycles. The number of aliphatic hydroxyl groups excluding tert-OH is 1. The van der Waals surface area contributed by atoms with Gasteiger partial charge in [-0.25, -0.2) is 4.98 Å². The van der Waals surface area contributed by atoms with Crippen LogP contribution in [-0.2, 0) is 0 Å². The van der Waals surface area contributed by atoms with Crippen LogP contribution >= 0.6 is 0 Å². The normalized spacial score (nSPS) is 39.4. The highest BCUT2D eigenvalue weighted by atomic mass is 16.3. The van der Waals surface area contributed by atoms with Gasteiger partial charge in [0.15, 0.2) is 0 Å². The second-order valence-corrected chi connectivity index (χ2v) is 9.69. The smallest absolute Gasteiger partial charge is 0.0956 e. The summed E-state index contributed by atoms with van der Waals surface area (Å²) in [5.74, 6) is 2.35. The Morgan fingerprint density at radius 3 is 2.78 bits per heavy atom. The number of nitrogens with one attached hydrogen (secondary N) is 1. The Kier molecular flexibility index (Phi) is 3.43. The average Bonchev–Trinajstić information content (AvgIpc) is 3.24. The van der Waals surface area contributed by atoms with E-state index >= 15 is 0 Å². The van der Waals surface area contributed by atoms with E-state index in [1.807, 2.05) is 12.5 Å². The predicted octanol–water partition coefficient (Wildman–Crippen LogP) is 3.62. The molecule has 0 spiro atoms. The van der Waals surface area contributed by atoms with Gasteiger partial charge >= 0.3 is 0 Å². The maximum absolute atomic E-state index is 11.6. The molecule has 4 unspecified atom stereocenters. The molecule has 4 atom stereocenters. The first kappa shape index (κ1) is 16.3. The number of imidazole rings is 1. The van der Waals surface area contributed by atoms with Crippen LogP contribution in [0.3, 0.4) is 0 Å². The van der Waals surface area contributed by atoms with Crippen LogP contribution in [0.4, 0.5) is 0 Å². The summed E-state index contributed by atoms with van der Waals surface area (Å²) in [4.78, 5) is 4.39. The number of aliphatic hydroxyl groups is 1. The van der Waals surface area contributed by atoms with E-state index in [1.165, 1.54) is 48.9 Å². The lowest BCUT2D eigenvalue weighted by molar-refractivity contribution is -0.136. The standard InChI is InChI=1S/C23H29N3O/c1-24-22-15-6-14-7-16(22)11-23(9-14,10-15)21(27)8-19-17-4-2-3-5-18(17)20-12-25-13-26(19)20/h2-5,12-16,19,21-22,24,27H,6-11H2,1H3. The first-order chi connectivity index (χ1) is 13.2. The van der Waals surface area contributed by atoms with E-state index in [0.717, 1.165) is 24.2 Å². The number of nitrogens with zero attached hydrogens (tertiary/aromatic N) is 2. The molecule has 2 aromatic rings. The minimum Gasteiger partial charge on any atom is -0.392 e. The molecule has 1 aromatic carbocycles. The zero-order valence-corrected chi connectivity index (χ0v) is 16.0. The Morgan fingerprint density at radius 2 is 2.00 bits per heavy atom. The van der Waals surface area contributed by atoms with Crippen LogP contribution < -0.4 is 5.32 Å². The van der Waals surface area contributed by atoms with Gasteiger partial charge in [-0.2, -0.15) is 0 Å². The van der Waals surface area contributed by atoms with E-state index < -0.39 is 0 Å². The van der Waals surface area contributed by atoms with Crippen molar-refractivity contribution in [3.8, 4) is 11.3 Å². The second-order valence-electron chi connectivity index (χ2n) is 9.69. The highest BCUT2D eigenvalue weighted by Gasteiger charge is 2.57. The van der Waals surface area contributed by atoms with Gasteiger partial charge in [-0.1, -0.05) is 24.3 Å². The molecule has 142 valence electrons. The quantitative estimate of drug-likeness (QED) is 0.872. The minimum atomic E-state index is -0.227. The number of hydrogen-bond donors (Lipinski definition) is 2. The fourth-order valence-electron chi connectivity index (χ4n) is 7.60. The highest BCUT2D eigenvalue weighted by molar-refractivity contribution is 5.68. The average molecular weight is 364 g/mol. The van der Waals surface area contributed by atoms with Crippen LogP contribution in [0.2, 0.25) is 0 Å². The zero-order chi connectivity index (χ0) is 18.2. The fraction of sp³-hybridized carbons (Fsp3) is 0.609. The van der Waals surface area contributed by atoms with Gasteiger partial charge in [0, 0.05) is 11.6 Å². The van der Waals surface area contributed by atoms with Gasteiger partial charge in [0.05, 0.1) is 30.4 Å². The molecule has 0 radical (unpaired) electrons. The molecule has 4 fully saturated rings. The first-order valence-corrected chi connectivity index (χ1v) is 10.6. The van der Waals surface area contributed by atoms with E-state index in [1.54, 1.807) is 0 Å². The van der Waals surface area contributed by atoms with Crippen molar-refractivity contribution in [3.05, 3.63) is 42.4 Å². The summed E-state index contributed by atoms with van der Waals surface area (Å²) >= 11 is 0. The maximum atomic E-state index is 11.6. The molecule has 1 aliphatic heterocycles. The van der Waals surface area contributed by atoms with Gasteiger partial charge in [-0.3, -0.25) is 0 Å². The van der Waals surface area contributed by atoms with Crippen molar-refractivity contribution in [2.75, 3.05) is 7.05 Å². The van der Waals surface area contributed by atoms with E-state index in [2.05, 4.69) is 46.2 Å². The van der Waals surface area contributed by atoms with Crippen LogP contribution in [0.25, 0.3) is 11.3 Å². The molecule has 1 aromatic heterocycles. The topological polar surface area (TPSA) is 50.1 Å². The molecule has 7 rings (SSSR count). The van der Waals surface area contributed by atoms with Crippen molar-refractivity contribution in [1.82, 2.24) is 14.9 Å². The van der Waals surface area contributed by atoms with Crippen molar-refractivity contribution in [3.63, 3.8) is 0 Å². The SMILES string of the molecule is CNC1C2CC3CC1CC(C(O)CC1c4ccccc4-c4cncn41)(C3)C2. The summed E-state index contributed by atoms with van der Waals surface area (Å²) in [6, 6.07) is 9.55. The Labute approximate surface area is 161 Å². The van der Waals surface area contributed by atoms with Crippen LogP contribution in [0.1, 0.15) is 50.1 Å². The summed E-state index contributed by atoms with van der Waals surface area (Å²) in [5.41, 5.74) is 3.98. The van der Waals surface area contributed by atoms with Crippen LogP contribution in [0.5, 0.6) is 0 Å². The molecule has 4 heteroatoms. The number of benzene rings is 1. The van der Waals surface area contributed by atoms with Crippen LogP contribution in [0.15, 0.2) is 36.8 Å². The summed E-state index contributed by atoms with van der Waals surface area (Å²) in [5, 5.41) is 15.2. The summed E-state index contributed by atoms with van der Waals surface area (Å²) in [6.45, 7) is 0. The Morgan fingerprint density at radius 1 is 1.22 bits per heavy atom. The lowest BCUT2D eigenvalue weighted by atomic mass is 9.46. The van der Waals surface area contributed by atoms with Crippen LogP contribution in [0, 0.1) is 23.2 Å². The van der Waals surface area contributed by atoms with Crippen molar-refractivity contribution in [2.45, 2.75) is 56.7 Å². The van der Waals surface area contributed by atoms with Gasteiger partial charge < -0.3 is 15.0 Å². The minimum absolute atomic E-state index is 0.141. The second kappa shape index (κ2) is 5.68. The molecule has 4 nitrogen and oxygen atoms in total. The monoisotopic (exact) mass is 363 g/mol. The third kappa shape index (κ3) is 2.20. The van der Waals surface area contributed by atoms with Gasteiger partial charge in [0.2, 0.25) is 0 Å². The Bertz CT molecular complexity index is 858. The molecular formula is C23H29N3O. The molecular weight excluding hydrogens is 334 g/mol.